The maximum absolute atomic E-state index is 11.3. The van der Waals surface area contributed by atoms with Gasteiger partial charge in [-0.3, -0.25) is 4.79 Å². The zero-order valence-electron chi connectivity index (χ0n) is 8.38. The van der Waals surface area contributed by atoms with Gasteiger partial charge in [0, 0.05) is 13.0 Å². The Hall–Kier alpha value is -1.08. The van der Waals surface area contributed by atoms with Crippen molar-refractivity contribution in [2.45, 2.75) is 25.7 Å². The summed E-state index contributed by atoms with van der Waals surface area (Å²) in [6.07, 6.45) is 3.29. The molecular weight excluding hydrogens is 178 g/mol. The normalized spacial score (nSPS) is 21.2. The lowest BCUT2D eigenvalue weighted by Crippen LogP contribution is -2.34. The first kappa shape index (κ1) is 11.0. The van der Waals surface area contributed by atoms with Crippen LogP contribution in [0.2, 0.25) is 0 Å². The SMILES string of the molecule is N#CCCNC(=O)CC1CCCNC1. The zero-order chi connectivity index (χ0) is 10.2. The molecule has 0 aromatic rings. The van der Waals surface area contributed by atoms with Crippen LogP contribution >= 0.6 is 0 Å². The zero-order valence-corrected chi connectivity index (χ0v) is 8.38. The average molecular weight is 195 g/mol. The molecule has 1 heterocycles. The van der Waals surface area contributed by atoms with E-state index in [1.807, 2.05) is 6.07 Å². The summed E-state index contributed by atoms with van der Waals surface area (Å²) in [4.78, 5) is 11.3. The number of carbonyl (C=O) groups excluding carboxylic acids is 1. The molecule has 0 aromatic carbocycles. The summed E-state index contributed by atoms with van der Waals surface area (Å²) in [5.41, 5.74) is 0. The van der Waals surface area contributed by atoms with Gasteiger partial charge in [-0.1, -0.05) is 0 Å². The lowest BCUT2D eigenvalue weighted by atomic mass is 9.96. The fourth-order valence-electron chi connectivity index (χ4n) is 1.69. The molecule has 1 rings (SSSR count). The lowest BCUT2D eigenvalue weighted by Gasteiger charge is -2.21. The maximum Gasteiger partial charge on any atom is 0.220 e. The Morgan fingerprint density at radius 2 is 2.50 bits per heavy atom. The fraction of sp³-hybridized carbons (Fsp3) is 0.800. The quantitative estimate of drug-likeness (QED) is 0.638. The van der Waals surface area contributed by atoms with E-state index in [1.54, 1.807) is 0 Å². The number of amides is 1. The van der Waals surface area contributed by atoms with Crippen LogP contribution in [0.1, 0.15) is 25.7 Å². The smallest absolute Gasteiger partial charge is 0.220 e. The molecule has 1 unspecified atom stereocenters. The number of piperidine rings is 1. The largest absolute Gasteiger partial charge is 0.355 e. The van der Waals surface area contributed by atoms with E-state index in [2.05, 4.69) is 10.6 Å². The predicted octanol–water partition coefficient (Wildman–Crippen LogP) is 0.406. The van der Waals surface area contributed by atoms with Crippen molar-refractivity contribution in [3.63, 3.8) is 0 Å². The molecule has 0 aliphatic carbocycles. The van der Waals surface area contributed by atoms with E-state index in [0.717, 1.165) is 25.9 Å². The van der Waals surface area contributed by atoms with Gasteiger partial charge in [0.25, 0.3) is 0 Å². The van der Waals surface area contributed by atoms with Gasteiger partial charge in [-0.05, 0) is 31.8 Å². The molecule has 0 radical (unpaired) electrons. The van der Waals surface area contributed by atoms with Crippen molar-refractivity contribution in [1.82, 2.24) is 10.6 Å². The van der Waals surface area contributed by atoms with Gasteiger partial charge >= 0.3 is 0 Å². The number of nitrogens with one attached hydrogen (secondary N) is 2. The van der Waals surface area contributed by atoms with Crippen LogP contribution in [0.4, 0.5) is 0 Å². The van der Waals surface area contributed by atoms with Gasteiger partial charge in [-0.15, -0.1) is 0 Å². The fourth-order valence-corrected chi connectivity index (χ4v) is 1.69. The number of hydrogen-bond donors (Lipinski definition) is 2. The van der Waals surface area contributed by atoms with Crippen LogP contribution in [-0.2, 0) is 4.79 Å². The van der Waals surface area contributed by atoms with Crippen LogP contribution in [0, 0.1) is 17.2 Å². The summed E-state index contributed by atoms with van der Waals surface area (Å²) in [7, 11) is 0. The Balaban J connectivity index is 2.10. The molecule has 4 nitrogen and oxygen atoms in total. The van der Waals surface area contributed by atoms with Gasteiger partial charge in [0.15, 0.2) is 0 Å². The Labute approximate surface area is 84.7 Å². The van der Waals surface area contributed by atoms with Crippen LogP contribution < -0.4 is 10.6 Å². The molecule has 0 bridgehead atoms. The molecule has 14 heavy (non-hydrogen) atoms. The van der Waals surface area contributed by atoms with E-state index < -0.39 is 0 Å². The maximum atomic E-state index is 11.3. The third-order valence-corrected chi connectivity index (χ3v) is 2.43. The molecular formula is C10H17N3O. The highest BCUT2D eigenvalue weighted by Crippen LogP contribution is 2.13. The van der Waals surface area contributed by atoms with Gasteiger partial charge in [-0.2, -0.15) is 5.26 Å². The minimum absolute atomic E-state index is 0.0777. The molecule has 1 aliphatic rings. The Morgan fingerprint density at radius 1 is 1.64 bits per heavy atom. The average Bonchev–Trinajstić information content (AvgIpc) is 2.20. The van der Waals surface area contributed by atoms with Crippen molar-refractivity contribution in [3.05, 3.63) is 0 Å². The van der Waals surface area contributed by atoms with Gasteiger partial charge in [0.2, 0.25) is 5.91 Å². The summed E-state index contributed by atoms with van der Waals surface area (Å²) in [5.74, 6) is 0.555. The van der Waals surface area contributed by atoms with Crippen LogP contribution in [-0.4, -0.2) is 25.5 Å². The van der Waals surface area contributed by atoms with Crippen molar-refractivity contribution in [3.8, 4) is 6.07 Å². The van der Waals surface area contributed by atoms with Gasteiger partial charge < -0.3 is 10.6 Å². The monoisotopic (exact) mass is 195 g/mol. The van der Waals surface area contributed by atoms with Crippen molar-refractivity contribution in [1.29, 1.82) is 5.26 Å². The number of rotatable bonds is 4. The van der Waals surface area contributed by atoms with Gasteiger partial charge in [-0.25, -0.2) is 0 Å². The van der Waals surface area contributed by atoms with Crippen LogP contribution in [0.3, 0.4) is 0 Å². The molecule has 1 amide bonds. The topological polar surface area (TPSA) is 64.9 Å². The highest BCUT2D eigenvalue weighted by Gasteiger charge is 2.15. The van der Waals surface area contributed by atoms with Crippen molar-refractivity contribution >= 4 is 5.91 Å². The minimum Gasteiger partial charge on any atom is -0.355 e. The van der Waals surface area contributed by atoms with Gasteiger partial charge in [0.1, 0.15) is 0 Å². The van der Waals surface area contributed by atoms with Gasteiger partial charge in [0.05, 0.1) is 12.5 Å². The molecule has 4 heteroatoms. The summed E-state index contributed by atoms with van der Waals surface area (Å²) in [5, 5.41) is 14.3. The van der Waals surface area contributed by atoms with Crippen LogP contribution in [0.25, 0.3) is 0 Å². The molecule has 1 saturated heterocycles. The van der Waals surface area contributed by atoms with E-state index in [-0.39, 0.29) is 5.91 Å². The number of carbonyl (C=O) groups is 1. The van der Waals surface area contributed by atoms with E-state index in [4.69, 9.17) is 5.26 Å². The third kappa shape index (κ3) is 4.24. The third-order valence-electron chi connectivity index (χ3n) is 2.43. The molecule has 78 valence electrons. The summed E-state index contributed by atoms with van der Waals surface area (Å²) in [6.45, 7) is 2.51. The molecule has 1 aliphatic heterocycles. The predicted molar refractivity (Wildman–Crippen MR) is 53.5 cm³/mol. The summed E-state index contributed by atoms with van der Waals surface area (Å²) < 4.78 is 0. The first-order valence-corrected chi connectivity index (χ1v) is 5.17. The second kappa shape index (κ2) is 6.39. The van der Waals surface area contributed by atoms with Crippen molar-refractivity contribution in [2.24, 2.45) is 5.92 Å². The second-order valence-electron chi connectivity index (χ2n) is 3.67. The van der Waals surface area contributed by atoms with E-state index in [9.17, 15) is 4.79 Å². The number of nitriles is 1. The molecule has 0 aromatic heterocycles. The Kier molecular flexibility index (Phi) is 5.02. The first-order valence-electron chi connectivity index (χ1n) is 5.17. The van der Waals surface area contributed by atoms with E-state index in [1.165, 1.54) is 0 Å². The number of hydrogen-bond acceptors (Lipinski definition) is 3. The highest BCUT2D eigenvalue weighted by atomic mass is 16.1. The van der Waals surface area contributed by atoms with E-state index >= 15 is 0 Å². The Bertz CT molecular complexity index is 216. The summed E-state index contributed by atoms with van der Waals surface area (Å²) in [6, 6.07) is 2.00. The van der Waals surface area contributed by atoms with E-state index in [0.29, 0.717) is 25.3 Å². The molecule has 2 N–H and O–H groups in total. The molecule has 0 spiro atoms. The highest BCUT2D eigenvalue weighted by molar-refractivity contribution is 5.76. The standard InChI is InChI=1S/C10H17N3O/c11-4-2-6-13-10(14)7-9-3-1-5-12-8-9/h9,12H,1-3,5-8H2,(H,13,14). The first-order chi connectivity index (χ1) is 6.83. The Morgan fingerprint density at radius 3 is 3.14 bits per heavy atom. The van der Waals surface area contributed by atoms with Crippen molar-refractivity contribution in [2.75, 3.05) is 19.6 Å². The van der Waals surface area contributed by atoms with Crippen LogP contribution in [0.5, 0.6) is 0 Å². The van der Waals surface area contributed by atoms with Crippen molar-refractivity contribution < 1.29 is 4.79 Å². The summed E-state index contributed by atoms with van der Waals surface area (Å²) >= 11 is 0. The molecule has 1 fully saturated rings. The minimum atomic E-state index is 0.0777. The molecule has 0 saturated carbocycles. The molecule has 1 atom stereocenters. The lowest BCUT2D eigenvalue weighted by molar-refractivity contribution is -0.122. The number of nitrogens with zero attached hydrogens (tertiary/aromatic N) is 1. The van der Waals surface area contributed by atoms with Crippen LogP contribution in [0.15, 0.2) is 0 Å². The second-order valence-corrected chi connectivity index (χ2v) is 3.67.